The van der Waals surface area contributed by atoms with Crippen LogP contribution in [0.1, 0.15) is 29.2 Å². The summed E-state index contributed by atoms with van der Waals surface area (Å²) < 4.78 is 6.07. The van der Waals surface area contributed by atoms with E-state index < -0.39 is 0 Å². The minimum Gasteiger partial charge on any atom is -0.489 e. The predicted molar refractivity (Wildman–Crippen MR) is 105 cm³/mol. The molecule has 0 saturated carbocycles. The zero-order chi connectivity index (χ0) is 17.5. The molecule has 3 rings (SSSR count). The molecule has 0 heterocycles. The van der Waals surface area contributed by atoms with E-state index in [0.717, 1.165) is 18.7 Å². The number of hydrogen-bond donors (Lipinski definition) is 1. The van der Waals surface area contributed by atoms with Gasteiger partial charge in [0, 0.05) is 17.8 Å². The molecule has 0 amide bonds. The highest BCUT2D eigenvalue weighted by molar-refractivity contribution is 5.52. The molecular formula is C23H25NO. The molecule has 0 unspecified atom stereocenters. The van der Waals surface area contributed by atoms with Crippen molar-refractivity contribution in [3.63, 3.8) is 0 Å². The largest absolute Gasteiger partial charge is 0.489 e. The second-order valence-corrected chi connectivity index (χ2v) is 6.25. The van der Waals surface area contributed by atoms with Crippen molar-refractivity contribution in [2.45, 2.75) is 33.4 Å². The van der Waals surface area contributed by atoms with Crippen LogP contribution in [0.3, 0.4) is 0 Å². The highest BCUT2D eigenvalue weighted by Gasteiger charge is 2.05. The molecule has 0 radical (unpaired) electrons. The minimum absolute atomic E-state index is 0.586. The number of nitrogens with one attached hydrogen (secondary N) is 1. The summed E-state index contributed by atoms with van der Waals surface area (Å²) in [6.45, 7) is 5.61. The summed E-state index contributed by atoms with van der Waals surface area (Å²) in [6.07, 6.45) is 1.02. The molecule has 2 heteroatoms. The fraction of sp³-hybridized carbons (Fsp3) is 0.217. The number of ether oxygens (including phenoxy) is 1. The Morgan fingerprint density at radius 1 is 0.800 bits per heavy atom. The van der Waals surface area contributed by atoms with Crippen LogP contribution < -0.4 is 10.1 Å². The molecule has 1 N–H and O–H groups in total. The highest BCUT2D eigenvalue weighted by Crippen LogP contribution is 2.22. The lowest BCUT2D eigenvalue weighted by Crippen LogP contribution is -2.05. The monoisotopic (exact) mass is 331 g/mol. The maximum absolute atomic E-state index is 6.07. The van der Waals surface area contributed by atoms with Gasteiger partial charge >= 0.3 is 0 Å². The van der Waals surface area contributed by atoms with E-state index in [0.29, 0.717) is 6.61 Å². The molecule has 0 aliphatic rings. The lowest BCUT2D eigenvalue weighted by Gasteiger charge is -2.14. The van der Waals surface area contributed by atoms with Gasteiger partial charge in [-0.2, -0.15) is 0 Å². The number of para-hydroxylation sites is 2. The number of rotatable bonds is 7. The Morgan fingerprint density at radius 3 is 2.24 bits per heavy atom. The summed E-state index contributed by atoms with van der Waals surface area (Å²) in [7, 11) is 0. The average Bonchev–Trinajstić information content (AvgIpc) is 2.67. The Labute approximate surface area is 150 Å². The molecule has 0 fully saturated rings. The van der Waals surface area contributed by atoms with Crippen LogP contribution in [0.2, 0.25) is 0 Å². The van der Waals surface area contributed by atoms with E-state index in [1.165, 1.54) is 27.9 Å². The Balaban J connectivity index is 1.67. The quantitative estimate of drug-likeness (QED) is 0.595. The first-order chi connectivity index (χ1) is 12.3. The standard InChI is InChI=1S/C23H25NO/c1-3-20-8-4-6-10-22(20)24-16-21-9-5-7-11-23(21)25-17-19-14-12-18(2)13-15-19/h4-15,24H,3,16-17H2,1-2H3. The summed E-state index contributed by atoms with van der Waals surface area (Å²) in [5.41, 5.74) is 6.15. The van der Waals surface area contributed by atoms with Gasteiger partial charge in [0.2, 0.25) is 0 Å². The molecule has 0 saturated heterocycles. The van der Waals surface area contributed by atoms with Crippen LogP contribution >= 0.6 is 0 Å². The maximum atomic E-state index is 6.07. The first-order valence-corrected chi connectivity index (χ1v) is 8.84. The molecule has 3 aromatic carbocycles. The van der Waals surface area contributed by atoms with Crippen molar-refractivity contribution >= 4 is 5.69 Å². The molecule has 2 nitrogen and oxygen atoms in total. The van der Waals surface area contributed by atoms with Gasteiger partial charge in [0.25, 0.3) is 0 Å². The Morgan fingerprint density at radius 2 is 1.48 bits per heavy atom. The van der Waals surface area contributed by atoms with E-state index in [1.54, 1.807) is 0 Å². The predicted octanol–water partition coefficient (Wildman–Crippen LogP) is 5.75. The molecular weight excluding hydrogens is 306 g/mol. The molecule has 0 atom stereocenters. The first kappa shape index (κ1) is 17.1. The van der Waals surface area contributed by atoms with Crippen molar-refractivity contribution in [2.24, 2.45) is 0 Å². The number of benzene rings is 3. The number of hydrogen-bond acceptors (Lipinski definition) is 2. The van der Waals surface area contributed by atoms with Gasteiger partial charge in [-0.15, -0.1) is 0 Å². The van der Waals surface area contributed by atoms with E-state index in [4.69, 9.17) is 4.74 Å². The SMILES string of the molecule is CCc1ccccc1NCc1ccccc1OCc1ccc(C)cc1. The van der Waals surface area contributed by atoms with Gasteiger partial charge < -0.3 is 10.1 Å². The van der Waals surface area contributed by atoms with E-state index in [-0.39, 0.29) is 0 Å². The lowest BCUT2D eigenvalue weighted by atomic mass is 10.1. The molecule has 0 spiro atoms. The fourth-order valence-corrected chi connectivity index (χ4v) is 2.83. The Kier molecular flexibility index (Phi) is 5.73. The van der Waals surface area contributed by atoms with E-state index in [9.17, 15) is 0 Å². The van der Waals surface area contributed by atoms with Crippen molar-refractivity contribution in [1.29, 1.82) is 0 Å². The van der Waals surface area contributed by atoms with E-state index in [2.05, 4.69) is 79.8 Å². The van der Waals surface area contributed by atoms with Crippen molar-refractivity contribution in [1.82, 2.24) is 0 Å². The normalized spacial score (nSPS) is 10.5. The second-order valence-electron chi connectivity index (χ2n) is 6.25. The molecule has 128 valence electrons. The lowest BCUT2D eigenvalue weighted by molar-refractivity contribution is 0.303. The summed E-state index contributed by atoms with van der Waals surface area (Å²) in [5.74, 6) is 0.935. The molecule has 25 heavy (non-hydrogen) atoms. The second kappa shape index (κ2) is 8.39. The van der Waals surface area contributed by atoms with Crippen LogP contribution in [-0.2, 0) is 19.6 Å². The van der Waals surface area contributed by atoms with Crippen LogP contribution in [0.25, 0.3) is 0 Å². The zero-order valence-corrected chi connectivity index (χ0v) is 15.0. The van der Waals surface area contributed by atoms with Crippen LogP contribution in [0.4, 0.5) is 5.69 Å². The minimum atomic E-state index is 0.586. The molecule has 0 aromatic heterocycles. The summed E-state index contributed by atoms with van der Waals surface area (Å²) in [5, 5.41) is 3.55. The summed E-state index contributed by atoms with van der Waals surface area (Å²) >= 11 is 0. The van der Waals surface area contributed by atoms with E-state index in [1.807, 2.05) is 12.1 Å². The van der Waals surface area contributed by atoms with Crippen molar-refractivity contribution < 1.29 is 4.74 Å². The zero-order valence-electron chi connectivity index (χ0n) is 15.0. The van der Waals surface area contributed by atoms with Gasteiger partial charge in [-0.3, -0.25) is 0 Å². The Bertz CT molecular complexity index is 808. The van der Waals surface area contributed by atoms with E-state index >= 15 is 0 Å². The van der Waals surface area contributed by atoms with Crippen molar-refractivity contribution in [3.8, 4) is 5.75 Å². The van der Waals surface area contributed by atoms with Gasteiger partial charge in [-0.1, -0.05) is 73.2 Å². The average molecular weight is 331 g/mol. The molecule has 0 aliphatic carbocycles. The molecule has 3 aromatic rings. The topological polar surface area (TPSA) is 21.3 Å². The molecule has 0 bridgehead atoms. The third-order valence-corrected chi connectivity index (χ3v) is 4.36. The number of anilines is 1. The molecule has 0 aliphatic heterocycles. The van der Waals surface area contributed by atoms with Gasteiger partial charge in [-0.25, -0.2) is 0 Å². The Hall–Kier alpha value is -2.74. The van der Waals surface area contributed by atoms with Gasteiger partial charge in [-0.05, 0) is 36.6 Å². The van der Waals surface area contributed by atoms with Crippen LogP contribution in [-0.4, -0.2) is 0 Å². The van der Waals surface area contributed by atoms with Crippen LogP contribution in [0.15, 0.2) is 72.8 Å². The smallest absolute Gasteiger partial charge is 0.124 e. The van der Waals surface area contributed by atoms with Gasteiger partial charge in [0.05, 0.1) is 0 Å². The van der Waals surface area contributed by atoms with Crippen molar-refractivity contribution in [3.05, 3.63) is 95.1 Å². The first-order valence-electron chi connectivity index (χ1n) is 8.84. The highest BCUT2D eigenvalue weighted by atomic mass is 16.5. The van der Waals surface area contributed by atoms with Crippen LogP contribution in [0.5, 0.6) is 5.75 Å². The van der Waals surface area contributed by atoms with Crippen LogP contribution in [0, 0.1) is 6.92 Å². The van der Waals surface area contributed by atoms with Gasteiger partial charge in [0.15, 0.2) is 0 Å². The van der Waals surface area contributed by atoms with Crippen molar-refractivity contribution in [2.75, 3.05) is 5.32 Å². The van der Waals surface area contributed by atoms with Gasteiger partial charge in [0.1, 0.15) is 12.4 Å². The third-order valence-electron chi connectivity index (χ3n) is 4.36. The number of aryl methyl sites for hydroxylation is 2. The third kappa shape index (κ3) is 4.63. The summed E-state index contributed by atoms with van der Waals surface area (Å²) in [4.78, 5) is 0. The fourth-order valence-electron chi connectivity index (χ4n) is 2.83. The summed E-state index contributed by atoms with van der Waals surface area (Å²) in [6, 6.07) is 25.2. The maximum Gasteiger partial charge on any atom is 0.124 e.